The van der Waals surface area contributed by atoms with Gasteiger partial charge in [-0.25, -0.2) is 4.79 Å². The van der Waals surface area contributed by atoms with E-state index >= 15 is 0 Å². The van der Waals surface area contributed by atoms with Gasteiger partial charge in [-0.2, -0.15) is 0 Å². The molecule has 1 unspecified atom stereocenters. The van der Waals surface area contributed by atoms with Crippen LogP contribution >= 0.6 is 0 Å². The molecule has 18 heavy (non-hydrogen) atoms. The van der Waals surface area contributed by atoms with Crippen LogP contribution in [-0.2, 0) is 4.79 Å². The van der Waals surface area contributed by atoms with Crippen molar-refractivity contribution in [1.82, 2.24) is 15.5 Å². The van der Waals surface area contributed by atoms with Crippen LogP contribution < -0.4 is 10.6 Å². The SMILES string of the molecule is CC(CN(C)C)NC(=O)NC1(CC(=O)O)CCC1. The van der Waals surface area contributed by atoms with Gasteiger partial charge < -0.3 is 20.6 Å². The Bertz CT molecular complexity index is 314. The number of carboxylic acids is 1. The third-order valence-electron chi connectivity index (χ3n) is 3.20. The Morgan fingerprint density at radius 2 is 2.00 bits per heavy atom. The highest BCUT2D eigenvalue weighted by Gasteiger charge is 2.40. The summed E-state index contributed by atoms with van der Waals surface area (Å²) in [6, 6.07) is -0.243. The topological polar surface area (TPSA) is 81.7 Å². The van der Waals surface area contributed by atoms with Crippen LogP contribution in [0.25, 0.3) is 0 Å². The zero-order chi connectivity index (χ0) is 13.8. The molecule has 2 amide bonds. The highest BCUT2D eigenvalue weighted by molar-refractivity contribution is 5.77. The number of hydrogen-bond donors (Lipinski definition) is 3. The fourth-order valence-corrected chi connectivity index (χ4v) is 2.33. The average Bonchev–Trinajstić information content (AvgIpc) is 2.11. The summed E-state index contributed by atoms with van der Waals surface area (Å²) >= 11 is 0. The first kappa shape index (κ1) is 14.8. The Morgan fingerprint density at radius 3 is 2.39 bits per heavy atom. The number of hydrogen-bond acceptors (Lipinski definition) is 3. The lowest BCUT2D eigenvalue weighted by Crippen LogP contribution is -2.58. The Labute approximate surface area is 108 Å². The molecule has 0 aromatic rings. The van der Waals surface area contributed by atoms with Crippen LogP contribution in [0.2, 0.25) is 0 Å². The second-order valence-electron chi connectivity index (χ2n) is 5.47. The van der Waals surface area contributed by atoms with Crippen LogP contribution in [0.3, 0.4) is 0 Å². The van der Waals surface area contributed by atoms with E-state index in [0.29, 0.717) is 0 Å². The number of aliphatic carboxylic acids is 1. The molecule has 1 rings (SSSR count). The molecule has 1 aliphatic rings. The largest absolute Gasteiger partial charge is 0.481 e. The summed E-state index contributed by atoms with van der Waals surface area (Å²) in [5.74, 6) is -0.865. The standard InChI is InChI=1S/C12H23N3O3/c1-9(8-15(2)3)13-11(18)14-12(5-4-6-12)7-10(16)17/h9H,4-8H2,1-3H3,(H,16,17)(H2,13,14,18). The summed E-state index contributed by atoms with van der Waals surface area (Å²) in [4.78, 5) is 24.6. The van der Waals surface area contributed by atoms with Crippen molar-refractivity contribution >= 4 is 12.0 Å². The van der Waals surface area contributed by atoms with E-state index < -0.39 is 11.5 Å². The molecule has 6 nitrogen and oxygen atoms in total. The molecule has 6 heteroatoms. The molecule has 0 bridgehead atoms. The fraction of sp³-hybridized carbons (Fsp3) is 0.833. The van der Waals surface area contributed by atoms with Crippen LogP contribution in [0.15, 0.2) is 0 Å². The van der Waals surface area contributed by atoms with Crippen molar-refractivity contribution in [1.29, 1.82) is 0 Å². The minimum Gasteiger partial charge on any atom is -0.481 e. The van der Waals surface area contributed by atoms with E-state index in [-0.39, 0.29) is 18.5 Å². The lowest BCUT2D eigenvalue weighted by atomic mass is 9.74. The minimum absolute atomic E-state index is 0.00246. The molecular weight excluding hydrogens is 234 g/mol. The number of nitrogens with zero attached hydrogens (tertiary/aromatic N) is 1. The van der Waals surface area contributed by atoms with Gasteiger partial charge in [-0.1, -0.05) is 0 Å². The molecule has 0 aromatic carbocycles. The number of amides is 2. The van der Waals surface area contributed by atoms with Gasteiger partial charge in [0, 0.05) is 12.6 Å². The molecule has 0 saturated heterocycles. The third-order valence-corrected chi connectivity index (χ3v) is 3.20. The molecule has 0 spiro atoms. The lowest BCUT2D eigenvalue weighted by Gasteiger charge is -2.41. The summed E-state index contributed by atoms with van der Waals surface area (Å²) in [5.41, 5.74) is -0.534. The number of nitrogens with one attached hydrogen (secondary N) is 2. The summed E-state index contributed by atoms with van der Waals surface area (Å²) < 4.78 is 0. The Kier molecular flexibility index (Phi) is 4.95. The van der Waals surface area contributed by atoms with Crippen LogP contribution in [0.4, 0.5) is 4.79 Å². The maximum Gasteiger partial charge on any atom is 0.315 e. The van der Waals surface area contributed by atoms with Gasteiger partial charge in [0.15, 0.2) is 0 Å². The highest BCUT2D eigenvalue weighted by atomic mass is 16.4. The first-order valence-corrected chi connectivity index (χ1v) is 6.28. The van der Waals surface area contributed by atoms with E-state index in [1.54, 1.807) is 0 Å². The van der Waals surface area contributed by atoms with Crippen molar-refractivity contribution in [3.8, 4) is 0 Å². The van der Waals surface area contributed by atoms with E-state index in [1.165, 1.54) is 0 Å². The van der Waals surface area contributed by atoms with E-state index in [4.69, 9.17) is 5.11 Å². The number of rotatable bonds is 6. The molecule has 0 aliphatic heterocycles. The van der Waals surface area contributed by atoms with Crippen molar-refractivity contribution in [3.05, 3.63) is 0 Å². The summed E-state index contributed by atoms with van der Waals surface area (Å²) in [6.07, 6.45) is 2.47. The summed E-state index contributed by atoms with van der Waals surface area (Å²) in [5, 5.41) is 14.5. The maximum atomic E-state index is 11.8. The fourth-order valence-electron chi connectivity index (χ4n) is 2.33. The Hall–Kier alpha value is -1.30. The van der Waals surface area contributed by atoms with Gasteiger partial charge in [0.1, 0.15) is 0 Å². The van der Waals surface area contributed by atoms with Crippen LogP contribution in [-0.4, -0.2) is 54.2 Å². The van der Waals surface area contributed by atoms with Crippen LogP contribution in [0, 0.1) is 0 Å². The quantitative estimate of drug-likeness (QED) is 0.652. The molecule has 0 radical (unpaired) electrons. The van der Waals surface area contributed by atoms with Crippen LogP contribution in [0.1, 0.15) is 32.6 Å². The second-order valence-corrected chi connectivity index (χ2v) is 5.47. The summed E-state index contributed by atoms with van der Waals surface area (Å²) in [7, 11) is 3.88. The average molecular weight is 257 g/mol. The lowest BCUT2D eigenvalue weighted by molar-refractivity contribution is -0.139. The van der Waals surface area contributed by atoms with Gasteiger partial charge in [0.25, 0.3) is 0 Å². The monoisotopic (exact) mass is 257 g/mol. The Morgan fingerprint density at radius 1 is 1.39 bits per heavy atom. The van der Waals surface area contributed by atoms with Gasteiger partial charge in [-0.05, 0) is 40.3 Å². The number of carboxylic acid groups (broad SMARTS) is 1. The molecule has 1 aliphatic carbocycles. The van der Waals surface area contributed by atoms with Crippen molar-refractivity contribution in [2.24, 2.45) is 0 Å². The predicted octanol–water partition coefficient (Wildman–Crippen LogP) is 0.633. The first-order chi connectivity index (χ1) is 8.33. The molecule has 1 atom stereocenters. The third kappa shape index (κ3) is 4.52. The van der Waals surface area contributed by atoms with Gasteiger partial charge >= 0.3 is 12.0 Å². The Balaban J connectivity index is 2.40. The highest BCUT2D eigenvalue weighted by Crippen LogP contribution is 2.34. The predicted molar refractivity (Wildman–Crippen MR) is 68.5 cm³/mol. The van der Waals surface area contributed by atoms with E-state index in [2.05, 4.69) is 10.6 Å². The normalized spacial score (nSPS) is 18.9. The van der Waals surface area contributed by atoms with Gasteiger partial charge in [0.05, 0.1) is 12.0 Å². The molecular formula is C12H23N3O3. The number of carbonyl (C=O) groups is 2. The molecule has 0 aromatic heterocycles. The van der Waals surface area contributed by atoms with Crippen molar-refractivity contribution < 1.29 is 14.7 Å². The van der Waals surface area contributed by atoms with Crippen molar-refractivity contribution in [3.63, 3.8) is 0 Å². The van der Waals surface area contributed by atoms with E-state index in [9.17, 15) is 9.59 Å². The molecule has 1 fully saturated rings. The zero-order valence-electron chi connectivity index (χ0n) is 11.3. The number of carbonyl (C=O) groups excluding carboxylic acids is 1. The smallest absolute Gasteiger partial charge is 0.315 e. The van der Waals surface area contributed by atoms with Crippen LogP contribution in [0.5, 0.6) is 0 Å². The van der Waals surface area contributed by atoms with Gasteiger partial charge in [-0.15, -0.1) is 0 Å². The number of likely N-dealkylation sites (N-methyl/N-ethyl adjacent to an activating group) is 1. The zero-order valence-corrected chi connectivity index (χ0v) is 11.3. The molecule has 3 N–H and O–H groups in total. The summed E-state index contributed by atoms with van der Waals surface area (Å²) in [6.45, 7) is 2.67. The van der Waals surface area contributed by atoms with Crippen molar-refractivity contribution in [2.45, 2.75) is 44.2 Å². The molecule has 0 heterocycles. The number of urea groups is 1. The van der Waals surface area contributed by atoms with Crippen molar-refractivity contribution in [2.75, 3.05) is 20.6 Å². The van der Waals surface area contributed by atoms with Gasteiger partial charge in [0.2, 0.25) is 0 Å². The molecule has 104 valence electrons. The van der Waals surface area contributed by atoms with E-state index in [0.717, 1.165) is 25.8 Å². The first-order valence-electron chi connectivity index (χ1n) is 6.28. The maximum absolute atomic E-state index is 11.8. The molecule has 1 saturated carbocycles. The second kappa shape index (κ2) is 6.04. The van der Waals surface area contributed by atoms with Gasteiger partial charge in [-0.3, -0.25) is 4.79 Å². The minimum atomic E-state index is -0.865. The van der Waals surface area contributed by atoms with E-state index in [1.807, 2.05) is 25.9 Å².